The minimum Gasteiger partial charge on any atom is -0.497 e. The first-order chi connectivity index (χ1) is 13.5. The maximum absolute atomic E-state index is 12.5. The summed E-state index contributed by atoms with van der Waals surface area (Å²) in [6, 6.07) is 13.6. The van der Waals surface area contributed by atoms with Gasteiger partial charge in [0.15, 0.2) is 0 Å². The van der Waals surface area contributed by atoms with E-state index in [1.165, 1.54) is 0 Å². The summed E-state index contributed by atoms with van der Waals surface area (Å²) in [6.07, 6.45) is 0. The van der Waals surface area contributed by atoms with Crippen LogP contribution < -0.4 is 15.0 Å². The molecule has 0 aliphatic carbocycles. The number of piperazine rings is 1. The normalized spacial score (nSPS) is 14.0. The fourth-order valence-corrected chi connectivity index (χ4v) is 3.48. The molecule has 148 valence electrons. The third kappa shape index (κ3) is 4.82. The molecule has 1 aliphatic rings. The summed E-state index contributed by atoms with van der Waals surface area (Å²) in [4.78, 5) is 28.9. The standard InChI is InChI=1S/C22H27N3O3/c1-16-12-17(2)14-18(13-16)22(27)23-15-21(26)25-10-8-24(9-11-25)19-4-6-20(28-3)7-5-19/h4-7,12-14H,8-11,15H2,1-3H3,(H,23,27). The highest BCUT2D eigenvalue weighted by atomic mass is 16.5. The quantitative estimate of drug-likeness (QED) is 0.864. The second-order valence-electron chi connectivity index (χ2n) is 7.12. The SMILES string of the molecule is COc1ccc(N2CCN(C(=O)CNC(=O)c3cc(C)cc(C)c3)CC2)cc1. The molecule has 0 radical (unpaired) electrons. The maximum atomic E-state index is 12.5. The van der Waals surface area contributed by atoms with E-state index in [4.69, 9.17) is 4.74 Å². The number of aryl methyl sites for hydroxylation is 2. The van der Waals surface area contributed by atoms with Gasteiger partial charge in [-0.25, -0.2) is 0 Å². The van der Waals surface area contributed by atoms with Crippen LogP contribution in [-0.4, -0.2) is 56.5 Å². The highest BCUT2D eigenvalue weighted by molar-refractivity contribution is 5.96. The van der Waals surface area contributed by atoms with Crippen molar-refractivity contribution < 1.29 is 14.3 Å². The molecule has 6 nitrogen and oxygen atoms in total. The number of carbonyl (C=O) groups is 2. The van der Waals surface area contributed by atoms with Crippen LogP contribution in [0.1, 0.15) is 21.5 Å². The molecule has 2 aromatic rings. The molecule has 0 saturated carbocycles. The number of ether oxygens (including phenoxy) is 1. The molecule has 1 N–H and O–H groups in total. The van der Waals surface area contributed by atoms with E-state index in [1.807, 2.05) is 61.2 Å². The zero-order valence-corrected chi connectivity index (χ0v) is 16.7. The third-order valence-electron chi connectivity index (χ3n) is 4.95. The fraction of sp³-hybridized carbons (Fsp3) is 0.364. The Hall–Kier alpha value is -3.02. The Morgan fingerprint density at radius 1 is 0.964 bits per heavy atom. The van der Waals surface area contributed by atoms with Crippen LogP contribution in [0.5, 0.6) is 5.75 Å². The first kappa shape index (κ1) is 19.7. The average molecular weight is 381 g/mol. The number of anilines is 1. The molecule has 2 amide bonds. The van der Waals surface area contributed by atoms with E-state index >= 15 is 0 Å². The van der Waals surface area contributed by atoms with E-state index in [0.29, 0.717) is 18.7 Å². The summed E-state index contributed by atoms with van der Waals surface area (Å²) in [6.45, 7) is 6.75. The van der Waals surface area contributed by atoms with Crippen molar-refractivity contribution in [3.8, 4) is 5.75 Å². The van der Waals surface area contributed by atoms with Crippen molar-refractivity contribution in [3.05, 3.63) is 59.2 Å². The number of methoxy groups -OCH3 is 1. The number of amides is 2. The smallest absolute Gasteiger partial charge is 0.251 e. The topological polar surface area (TPSA) is 61.9 Å². The second kappa shape index (κ2) is 8.78. The molecule has 28 heavy (non-hydrogen) atoms. The van der Waals surface area contributed by atoms with Crippen LogP contribution in [0.4, 0.5) is 5.69 Å². The number of nitrogens with one attached hydrogen (secondary N) is 1. The number of benzene rings is 2. The van der Waals surface area contributed by atoms with Gasteiger partial charge >= 0.3 is 0 Å². The number of carbonyl (C=O) groups excluding carboxylic acids is 2. The minimum atomic E-state index is -0.211. The summed E-state index contributed by atoms with van der Waals surface area (Å²) >= 11 is 0. The van der Waals surface area contributed by atoms with Crippen LogP contribution in [0.2, 0.25) is 0 Å². The molecular weight excluding hydrogens is 354 g/mol. The van der Waals surface area contributed by atoms with Crippen molar-refractivity contribution in [2.45, 2.75) is 13.8 Å². The highest BCUT2D eigenvalue weighted by Gasteiger charge is 2.21. The molecular formula is C22H27N3O3. The van der Waals surface area contributed by atoms with Gasteiger partial charge in [-0.1, -0.05) is 17.2 Å². The molecule has 0 unspecified atom stereocenters. The maximum Gasteiger partial charge on any atom is 0.251 e. The van der Waals surface area contributed by atoms with Crippen molar-refractivity contribution in [1.82, 2.24) is 10.2 Å². The second-order valence-corrected chi connectivity index (χ2v) is 7.12. The van der Waals surface area contributed by atoms with Crippen LogP contribution in [-0.2, 0) is 4.79 Å². The molecule has 1 fully saturated rings. The van der Waals surface area contributed by atoms with E-state index in [9.17, 15) is 9.59 Å². The Bertz CT molecular complexity index is 820. The zero-order chi connectivity index (χ0) is 20.1. The number of hydrogen-bond donors (Lipinski definition) is 1. The number of rotatable bonds is 5. The van der Waals surface area contributed by atoms with Gasteiger partial charge < -0.3 is 19.9 Å². The average Bonchev–Trinajstić information content (AvgIpc) is 2.71. The lowest BCUT2D eigenvalue weighted by Crippen LogP contribution is -2.51. The van der Waals surface area contributed by atoms with Gasteiger partial charge in [0.25, 0.3) is 5.91 Å². The lowest BCUT2D eigenvalue weighted by molar-refractivity contribution is -0.130. The number of hydrogen-bond acceptors (Lipinski definition) is 4. The van der Waals surface area contributed by atoms with Gasteiger partial charge in [-0.15, -0.1) is 0 Å². The van der Waals surface area contributed by atoms with E-state index in [1.54, 1.807) is 7.11 Å². The largest absolute Gasteiger partial charge is 0.497 e. The van der Waals surface area contributed by atoms with E-state index in [2.05, 4.69) is 10.2 Å². The Kier molecular flexibility index (Phi) is 6.19. The van der Waals surface area contributed by atoms with Gasteiger partial charge in [-0.05, 0) is 50.2 Å². The zero-order valence-electron chi connectivity index (χ0n) is 16.7. The van der Waals surface area contributed by atoms with Crippen molar-refractivity contribution in [3.63, 3.8) is 0 Å². The molecule has 0 aromatic heterocycles. The molecule has 0 atom stereocenters. The van der Waals surface area contributed by atoms with E-state index < -0.39 is 0 Å². The Morgan fingerprint density at radius 2 is 1.57 bits per heavy atom. The Balaban J connectivity index is 1.48. The molecule has 1 saturated heterocycles. The Labute approximate surface area is 166 Å². The van der Waals surface area contributed by atoms with Gasteiger partial charge in [0.05, 0.1) is 13.7 Å². The van der Waals surface area contributed by atoms with Gasteiger partial charge in [0, 0.05) is 37.4 Å². The first-order valence-electron chi connectivity index (χ1n) is 9.49. The highest BCUT2D eigenvalue weighted by Crippen LogP contribution is 2.20. The number of nitrogens with zero attached hydrogens (tertiary/aromatic N) is 2. The first-order valence-corrected chi connectivity index (χ1v) is 9.49. The summed E-state index contributed by atoms with van der Waals surface area (Å²) in [5, 5.41) is 2.75. The van der Waals surface area contributed by atoms with Gasteiger partial charge in [0.2, 0.25) is 5.91 Å². The van der Waals surface area contributed by atoms with Gasteiger partial charge in [-0.2, -0.15) is 0 Å². The van der Waals surface area contributed by atoms with E-state index in [0.717, 1.165) is 35.7 Å². The summed E-state index contributed by atoms with van der Waals surface area (Å²) < 4.78 is 5.19. The third-order valence-corrected chi connectivity index (χ3v) is 4.95. The van der Waals surface area contributed by atoms with Crippen LogP contribution in [0.15, 0.2) is 42.5 Å². The molecule has 0 spiro atoms. The van der Waals surface area contributed by atoms with Crippen LogP contribution in [0.3, 0.4) is 0 Å². The fourth-order valence-electron chi connectivity index (χ4n) is 3.48. The molecule has 1 aliphatic heterocycles. The summed E-state index contributed by atoms with van der Waals surface area (Å²) in [5.74, 6) is 0.571. The predicted octanol–water partition coefficient (Wildman–Crippen LogP) is 2.39. The minimum absolute atomic E-state index is 0.0222. The molecule has 0 bridgehead atoms. The van der Waals surface area contributed by atoms with Crippen LogP contribution in [0, 0.1) is 13.8 Å². The lowest BCUT2D eigenvalue weighted by Gasteiger charge is -2.36. The van der Waals surface area contributed by atoms with Crippen LogP contribution in [0.25, 0.3) is 0 Å². The van der Waals surface area contributed by atoms with Crippen molar-refractivity contribution in [2.24, 2.45) is 0 Å². The van der Waals surface area contributed by atoms with Crippen molar-refractivity contribution in [2.75, 3.05) is 44.7 Å². The molecule has 6 heteroatoms. The summed E-state index contributed by atoms with van der Waals surface area (Å²) in [5.41, 5.74) is 3.78. The molecule has 2 aromatic carbocycles. The molecule has 3 rings (SSSR count). The van der Waals surface area contributed by atoms with E-state index in [-0.39, 0.29) is 18.4 Å². The van der Waals surface area contributed by atoms with Crippen molar-refractivity contribution in [1.29, 1.82) is 0 Å². The summed E-state index contributed by atoms with van der Waals surface area (Å²) in [7, 11) is 1.65. The van der Waals surface area contributed by atoms with Crippen molar-refractivity contribution >= 4 is 17.5 Å². The lowest BCUT2D eigenvalue weighted by atomic mass is 10.1. The predicted molar refractivity (Wildman–Crippen MR) is 110 cm³/mol. The van der Waals surface area contributed by atoms with Gasteiger partial charge in [0.1, 0.15) is 5.75 Å². The van der Waals surface area contributed by atoms with Crippen LogP contribution >= 0.6 is 0 Å². The Morgan fingerprint density at radius 3 is 2.14 bits per heavy atom. The monoisotopic (exact) mass is 381 g/mol. The molecule has 1 heterocycles. The van der Waals surface area contributed by atoms with Gasteiger partial charge in [-0.3, -0.25) is 9.59 Å².